The van der Waals surface area contributed by atoms with Gasteiger partial charge in [0.15, 0.2) is 0 Å². The van der Waals surface area contributed by atoms with Crippen LogP contribution in [-0.4, -0.2) is 15.3 Å². The van der Waals surface area contributed by atoms with Crippen LogP contribution in [0.25, 0.3) is 11.3 Å². The third-order valence-corrected chi connectivity index (χ3v) is 3.28. The summed E-state index contributed by atoms with van der Waals surface area (Å²) in [5, 5.41) is 18.1. The van der Waals surface area contributed by atoms with Gasteiger partial charge in [0.2, 0.25) is 0 Å². The molecule has 0 bridgehead atoms. The van der Waals surface area contributed by atoms with Crippen molar-refractivity contribution in [3.8, 4) is 29.4 Å². The van der Waals surface area contributed by atoms with E-state index in [4.69, 9.17) is 12.2 Å². The maximum absolute atomic E-state index is 10.1. The number of rotatable bonds is 2. The highest BCUT2D eigenvalue weighted by Gasteiger charge is 2.28. The largest absolute Gasteiger partial charge is 0.507 e. The molecule has 0 amide bonds. The second-order valence-electron chi connectivity index (χ2n) is 4.72. The van der Waals surface area contributed by atoms with E-state index in [9.17, 15) is 5.11 Å². The lowest BCUT2D eigenvalue weighted by Crippen LogP contribution is -1.99. The van der Waals surface area contributed by atoms with Crippen molar-refractivity contribution in [2.24, 2.45) is 0 Å². The van der Waals surface area contributed by atoms with Crippen molar-refractivity contribution in [1.29, 1.82) is 0 Å². The molecule has 1 saturated carbocycles. The van der Waals surface area contributed by atoms with E-state index >= 15 is 0 Å². The van der Waals surface area contributed by atoms with E-state index in [2.05, 4.69) is 16.1 Å². The summed E-state index contributed by atoms with van der Waals surface area (Å²) in [7, 11) is 0. The SMILES string of the molecule is C#Cc1ccc(-c2nnc(N)cc2C2CC2)c(O)c1. The molecule has 0 saturated heterocycles. The van der Waals surface area contributed by atoms with Crippen LogP contribution in [0.15, 0.2) is 24.3 Å². The van der Waals surface area contributed by atoms with Gasteiger partial charge in [-0.2, -0.15) is 0 Å². The number of nitrogens with two attached hydrogens (primary N) is 1. The zero-order valence-corrected chi connectivity index (χ0v) is 10.3. The number of phenols is 1. The summed E-state index contributed by atoms with van der Waals surface area (Å²) in [4.78, 5) is 0. The van der Waals surface area contributed by atoms with E-state index in [0.717, 1.165) is 18.4 Å². The highest BCUT2D eigenvalue weighted by Crippen LogP contribution is 2.45. The minimum absolute atomic E-state index is 0.122. The fourth-order valence-corrected chi connectivity index (χ4v) is 2.16. The van der Waals surface area contributed by atoms with E-state index in [-0.39, 0.29) is 5.75 Å². The monoisotopic (exact) mass is 251 g/mol. The molecular formula is C15H13N3O. The molecule has 0 radical (unpaired) electrons. The molecule has 1 heterocycles. The van der Waals surface area contributed by atoms with Gasteiger partial charge in [0, 0.05) is 11.1 Å². The third-order valence-electron chi connectivity index (χ3n) is 3.28. The molecule has 4 nitrogen and oxygen atoms in total. The molecule has 0 atom stereocenters. The minimum Gasteiger partial charge on any atom is -0.507 e. The fraction of sp³-hybridized carbons (Fsp3) is 0.200. The number of nitrogen functional groups attached to an aromatic ring is 1. The van der Waals surface area contributed by atoms with Gasteiger partial charge in [-0.3, -0.25) is 0 Å². The van der Waals surface area contributed by atoms with Crippen LogP contribution in [0.5, 0.6) is 5.75 Å². The van der Waals surface area contributed by atoms with E-state index in [1.54, 1.807) is 18.2 Å². The first kappa shape index (κ1) is 11.5. The molecule has 3 rings (SSSR count). The van der Waals surface area contributed by atoms with E-state index < -0.39 is 0 Å². The van der Waals surface area contributed by atoms with Crippen LogP contribution in [0.2, 0.25) is 0 Å². The Hall–Kier alpha value is -2.54. The topological polar surface area (TPSA) is 72.0 Å². The van der Waals surface area contributed by atoms with Crippen molar-refractivity contribution in [1.82, 2.24) is 10.2 Å². The first-order valence-electron chi connectivity index (χ1n) is 6.12. The Kier molecular flexibility index (Phi) is 2.60. The Balaban J connectivity index is 2.14. The molecule has 3 N–H and O–H groups in total. The molecule has 0 unspecified atom stereocenters. The van der Waals surface area contributed by atoms with Gasteiger partial charge in [0.1, 0.15) is 17.3 Å². The van der Waals surface area contributed by atoms with Crippen molar-refractivity contribution in [2.75, 3.05) is 5.73 Å². The maximum Gasteiger partial charge on any atom is 0.146 e. The fourth-order valence-electron chi connectivity index (χ4n) is 2.16. The predicted molar refractivity (Wildman–Crippen MR) is 73.5 cm³/mol. The average Bonchev–Trinajstić information content (AvgIpc) is 3.23. The Morgan fingerprint density at radius 2 is 2.05 bits per heavy atom. The van der Waals surface area contributed by atoms with Crippen molar-refractivity contribution >= 4 is 5.82 Å². The molecule has 1 fully saturated rings. The first-order chi connectivity index (χ1) is 9.19. The van der Waals surface area contributed by atoms with Crippen molar-refractivity contribution < 1.29 is 5.11 Å². The molecule has 1 aliphatic rings. The molecule has 0 aliphatic heterocycles. The lowest BCUT2D eigenvalue weighted by Gasteiger charge is -2.09. The van der Waals surface area contributed by atoms with Crippen molar-refractivity contribution in [3.63, 3.8) is 0 Å². The van der Waals surface area contributed by atoms with Gasteiger partial charge in [-0.25, -0.2) is 0 Å². The van der Waals surface area contributed by atoms with Crippen LogP contribution in [0, 0.1) is 12.3 Å². The zero-order chi connectivity index (χ0) is 13.4. The highest BCUT2D eigenvalue weighted by atomic mass is 16.3. The van der Waals surface area contributed by atoms with Gasteiger partial charge in [-0.05, 0) is 48.6 Å². The summed E-state index contributed by atoms with van der Waals surface area (Å²) >= 11 is 0. The van der Waals surface area contributed by atoms with Gasteiger partial charge in [-0.15, -0.1) is 16.6 Å². The second-order valence-corrected chi connectivity index (χ2v) is 4.72. The average molecular weight is 251 g/mol. The van der Waals surface area contributed by atoms with E-state index in [1.807, 2.05) is 6.07 Å². The number of aromatic nitrogens is 2. The molecule has 19 heavy (non-hydrogen) atoms. The van der Waals surface area contributed by atoms with Crippen LogP contribution in [0.1, 0.15) is 29.9 Å². The Bertz CT molecular complexity index is 684. The summed E-state index contributed by atoms with van der Waals surface area (Å²) in [5.74, 6) is 3.49. The summed E-state index contributed by atoms with van der Waals surface area (Å²) in [5.41, 5.74) is 8.72. The van der Waals surface area contributed by atoms with Gasteiger partial charge in [-0.1, -0.05) is 5.92 Å². The molecule has 4 heteroatoms. The molecule has 1 aliphatic carbocycles. The summed E-state index contributed by atoms with van der Waals surface area (Å²) < 4.78 is 0. The standard InChI is InChI=1S/C15H13N3O/c1-2-9-3-6-11(13(19)7-9)15-12(10-4-5-10)8-14(16)17-18-15/h1,3,6-8,10,19H,4-5H2,(H2,16,17). The van der Waals surface area contributed by atoms with Gasteiger partial charge >= 0.3 is 0 Å². The van der Waals surface area contributed by atoms with Gasteiger partial charge < -0.3 is 10.8 Å². The summed E-state index contributed by atoms with van der Waals surface area (Å²) in [6, 6.07) is 6.96. The number of benzene rings is 1. The zero-order valence-electron chi connectivity index (χ0n) is 10.3. The van der Waals surface area contributed by atoms with Crippen molar-refractivity contribution in [2.45, 2.75) is 18.8 Å². The van der Waals surface area contributed by atoms with Gasteiger partial charge in [0.25, 0.3) is 0 Å². The van der Waals surface area contributed by atoms with E-state index in [1.165, 1.54) is 0 Å². The minimum atomic E-state index is 0.122. The van der Waals surface area contributed by atoms with Gasteiger partial charge in [0.05, 0.1) is 0 Å². The van der Waals surface area contributed by atoms with Crippen LogP contribution in [0.4, 0.5) is 5.82 Å². The Morgan fingerprint density at radius 1 is 1.26 bits per heavy atom. The highest BCUT2D eigenvalue weighted by molar-refractivity contribution is 5.72. The lowest BCUT2D eigenvalue weighted by atomic mass is 10.0. The molecular weight excluding hydrogens is 238 g/mol. The number of hydrogen-bond donors (Lipinski definition) is 2. The molecule has 1 aromatic carbocycles. The maximum atomic E-state index is 10.1. The van der Waals surface area contributed by atoms with Crippen molar-refractivity contribution in [3.05, 3.63) is 35.4 Å². The van der Waals surface area contributed by atoms with E-state index in [0.29, 0.717) is 28.6 Å². The lowest BCUT2D eigenvalue weighted by molar-refractivity contribution is 0.477. The number of anilines is 1. The molecule has 2 aromatic rings. The predicted octanol–water partition coefficient (Wildman–Crippen LogP) is 2.29. The first-order valence-corrected chi connectivity index (χ1v) is 6.12. The number of terminal acetylenes is 1. The molecule has 1 aromatic heterocycles. The molecule has 0 spiro atoms. The normalized spacial score (nSPS) is 14.1. The van der Waals surface area contributed by atoms with Crippen LogP contribution in [0.3, 0.4) is 0 Å². The second kappa shape index (κ2) is 4.29. The van der Waals surface area contributed by atoms with Crippen LogP contribution in [-0.2, 0) is 0 Å². The van der Waals surface area contributed by atoms with Crippen LogP contribution >= 0.6 is 0 Å². The summed E-state index contributed by atoms with van der Waals surface area (Å²) in [6.45, 7) is 0. The smallest absolute Gasteiger partial charge is 0.146 e. The van der Waals surface area contributed by atoms with Crippen LogP contribution < -0.4 is 5.73 Å². The summed E-state index contributed by atoms with van der Waals surface area (Å²) in [6.07, 6.45) is 7.56. The number of nitrogens with zero attached hydrogens (tertiary/aromatic N) is 2. The Morgan fingerprint density at radius 3 is 2.68 bits per heavy atom. The number of phenolic OH excluding ortho intramolecular Hbond substituents is 1. The third kappa shape index (κ3) is 2.11. The molecule has 94 valence electrons. The quantitative estimate of drug-likeness (QED) is 0.803. The number of aromatic hydroxyl groups is 1. The Labute approximate surface area is 111 Å². The number of hydrogen-bond acceptors (Lipinski definition) is 4.